The molecule has 1 unspecified atom stereocenters. The average Bonchev–Trinajstić information content (AvgIpc) is 3.18. The highest BCUT2D eigenvalue weighted by molar-refractivity contribution is 6.03. The molecule has 2 aliphatic rings. The smallest absolute Gasteiger partial charge is 0.309 e. The predicted octanol–water partition coefficient (Wildman–Crippen LogP) is 4.84. The summed E-state index contributed by atoms with van der Waals surface area (Å²) in [6, 6.07) is 15.8. The molecule has 0 spiro atoms. The zero-order valence-corrected chi connectivity index (χ0v) is 21.0. The Morgan fingerprint density at radius 3 is 2.73 bits per heavy atom. The summed E-state index contributed by atoms with van der Waals surface area (Å²) in [5.74, 6) is -0.514. The fraction of sp³-hybridized carbons (Fsp3) is 0.267. The monoisotopic (exact) mass is 493 g/mol. The van der Waals surface area contributed by atoms with E-state index in [0.717, 1.165) is 33.3 Å². The molecular weight excluding hydrogens is 466 g/mol. The van der Waals surface area contributed by atoms with E-state index < -0.39 is 11.6 Å². The summed E-state index contributed by atoms with van der Waals surface area (Å²) in [6.45, 7) is 6.07. The molecule has 7 nitrogen and oxygen atoms in total. The van der Waals surface area contributed by atoms with Gasteiger partial charge in [0.15, 0.2) is 0 Å². The first-order valence-corrected chi connectivity index (χ1v) is 12.5. The summed E-state index contributed by atoms with van der Waals surface area (Å²) in [6.07, 6.45) is 1.96. The number of cyclic esters (lactones) is 1. The summed E-state index contributed by atoms with van der Waals surface area (Å²) in [5.41, 5.74) is 6.12. The Morgan fingerprint density at radius 1 is 1.14 bits per heavy atom. The zero-order chi connectivity index (χ0) is 25.9. The Hall–Kier alpha value is -4.10. The number of fused-ring (bicyclic) bond motifs is 5. The van der Waals surface area contributed by atoms with E-state index in [1.165, 1.54) is 5.56 Å². The van der Waals surface area contributed by atoms with E-state index in [1.54, 1.807) is 11.5 Å². The fourth-order valence-electron chi connectivity index (χ4n) is 5.49. The SMILES string of the molecule is CCC1(O)CC(=O)OCc2c1cc1n(c2=O)Cc2c-1nc1ccccc1c2C=Nc1ccc(C)cc1C. The number of pyridine rings is 2. The average molecular weight is 494 g/mol. The number of aliphatic hydroxyl groups is 1. The van der Waals surface area contributed by atoms with Crippen molar-refractivity contribution in [3.8, 4) is 11.4 Å². The van der Waals surface area contributed by atoms with Crippen LogP contribution in [0.15, 0.2) is 58.3 Å². The molecule has 0 bridgehead atoms. The number of hydrogen-bond acceptors (Lipinski definition) is 6. The summed E-state index contributed by atoms with van der Waals surface area (Å²) < 4.78 is 6.95. The molecule has 7 heteroatoms. The maximum atomic E-state index is 13.7. The molecule has 0 saturated carbocycles. The van der Waals surface area contributed by atoms with E-state index in [-0.39, 0.29) is 25.0 Å². The second-order valence-electron chi connectivity index (χ2n) is 9.95. The van der Waals surface area contributed by atoms with Gasteiger partial charge in [-0.1, -0.05) is 42.8 Å². The number of carbonyl (C=O) groups is 1. The maximum Gasteiger partial charge on any atom is 0.309 e. The van der Waals surface area contributed by atoms with Crippen LogP contribution in [0.2, 0.25) is 0 Å². The molecule has 0 amide bonds. The molecule has 0 radical (unpaired) electrons. The molecule has 1 N–H and O–H groups in total. The highest BCUT2D eigenvalue weighted by Crippen LogP contribution is 2.40. The van der Waals surface area contributed by atoms with Gasteiger partial charge in [-0.05, 0) is 49.6 Å². The van der Waals surface area contributed by atoms with Crippen LogP contribution in [0.5, 0.6) is 0 Å². The van der Waals surface area contributed by atoms with E-state index >= 15 is 0 Å². The van der Waals surface area contributed by atoms with Gasteiger partial charge < -0.3 is 14.4 Å². The summed E-state index contributed by atoms with van der Waals surface area (Å²) in [4.78, 5) is 35.7. The van der Waals surface area contributed by atoms with Crippen LogP contribution in [0.4, 0.5) is 5.69 Å². The lowest BCUT2D eigenvalue weighted by molar-refractivity contribution is -0.149. The normalized spacial score (nSPS) is 18.4. The number of esters is 1. The lowest BCUT2D eigenvalue weighted by atomic mass is 9.85. The van der Waals surface area contributed by atoms with Crippen molar-refractivity contribution < 1.29 is 14.6 Å². The van der Waals surface area contributed by atoms with Crippen LogP contribution in [0.3, 0.4) is 0 Å². The number of nitrogens with zero attached hydrogens (tertiary/aromatic N) is 3. The Balaban J connectivity index is 1.58. The minimum Gasteiger partial charge on any atom is -0.460 e. The van der Waals surface area contributed by atoms with Gasteiger partial charge in [0.05, 0.1) is 41.1 Å². The van der Waals surface area contributed by atoms with Crippen molar-refractivity contribution in [3.05, 3.63) is 92.3 Å². The van der Waals surface area contributed by atoms with Crippen LogP contribution in [0.25, 0.3) is 22.3 Å². The standard InChI is InChI=1S/C30H27N3O4/c1-4-30(36)13-27(34)37-16-22-23(30)12-26-28-21(15-33(26)29(22)35)20(19-7-5-6-8-25(19)32-28)14-31-24-10-9-17(2)11-18(24)3/h5-12,14,36H,4,13,15-16H2,1-3H3. The van der Waals surface area contributed by atoms with Crippen LogP contribution in [-0.4, -0.2) is 26.8 Å². The molecule has 186 valence electrons. The Morgan fingerprint density at radius 2 is 1.95 bits per heavy atom. The zero-order valence-electron chi connectivity index (χ0n) is 21.0. The van der Waals surface area contributed by atoms with Gasteiger partial charge in [0.1, 0.15) is 12.2 Å². The van der Waals surface area contributed by atoms with Crippen LogP contribution in [0, 0.1) is 13.8 Å². The van der Waals surface area contributed by atoms with E-state index in [9.17, 15) is 14.7 Å². The van der Waals surface area contributed by atoms with E-state index in [1.807, 2.05) is 55.6 Å². The van der Waals surface area contributed by atoms with Gasteiger partial charge in [-0.2, -0.15) is 0 Å². The van der Waals surface area contributed by atoms with Crippen molar-refractivity contribution in [2.45, 2.75) is 52.4 Å². The largest absolute Gasteiger partial charge is 0.460 e. The Labute approximate surface area is 214 Å². The summed E-state index contributed by atoms with van der Waals surface area (Å²) in [7, 11) is 0. The van der Waals surface area contributed by atoms with Crippen LogP contribution < -0.4 is 5.56 Å². The van der Waals surface area contributed by atoms with Gasteiger partial charge in [0.25, 0.3) is 5.56 Å². The van der Waals surface area contributed by atoms with Crippen molar-refractivity contribution >= 4 is 28.8 Å². The van der Waals surface area contributed by atoms with Crippen LogP contribution in [0.1, 0.15) is 53.1 Å². The molecule has 0 aliphatic carbocycles. The van der Waals surface area contributed by atoms with E-state index in [0.29, 0.717) is 29.1 Å². The quantitative estimate of drug-likeness (QED) is 0.287. The lowest BCUT2D eigenvalue weighted by Gasteiger charge is -2.26. The minimum absolute atomic E-state index is 0.150. The van der Waals surface area contributed by atoms with Gasteiger partial charge in [0.2, 0.25) is 0 Å². The number of para-hydroxylation sites is 1. The van der Waals surface area contributed by atoms with Crippen molar-refractivity contribution in [2.75, 3.05) is 0 Å². The molecule has 37 heavy (non-hydrogen) atoms. The van der Waals surface area contributed by atoms with Crippen LogP contribution in [-0.2, 0) is 28.3 Å². The number of aromatic nitrogens is 2. The van der Waals surface area contributed by atoms with Gasteiger partial charge >= 0.3 is 5.97 Å². The van der Waals surface area contributed by atoms with Gasteiger partial charge in [-0.25, -0.2) is 4.98 Å². The van der Waals surface area contributed by atoms with Crippen molar-refractivity contribution in [1.29, 1.82) is 0 Å². The lowest BCUT2D eigenvalue weighted by Crippen LogP contribution is -2.32. The fourth-order valence-corrected chi connectivity index (χ4v) is 5.49. The number of carbonyl (C=O) groups excluding carboxylic acids is 1. The second-order valence-corrected chi connectivity index (χ2v) is 9.95. The van der Waals surface area contributed by atoms with E-state index in [4.69, 9.17) is 14.7 Å². The van der Waals surface area contributed by atoms with Crippen molar-refractivity contribution in [2.24, 2.45) is 4.99 Å². The molecule has 2 aromatic carbocycles. The summed E-state index contributed by atoms with van der Waals surface area (Å²) in [5, 5.41) is 12.3. The van der Waals surface area contributed by atoms with Crippen molar-refractivity contribution in [1.82, 2.24) is 9.55 Å². The highest BCUT2D eigenvalue weighted by atomic mass is 16.5. The third kappa shape index (κ3) is 3.69. The molecule has 2 aliphatic heterocycles. The number of benzene rings is 2. The first kappa shape index (κ1) is 23.3. The number of hydrogen-bond donors (Lipinski definition) is 1. The first-order valence-electron chi connectivity index (χ1n) is 12.5. The molecule has 4 aromatic rings. The Bertz CT molecular complexity index is 1700. The highest BCUT2D eigenvalue weighted by Gasteiger charge is 2.39. The molecular formula is C30H27N3O4. The molecule has 4 heterocycles. The first-order chi connectivity index (χ1) is 17.8. The molecule has 0 saturated heterocycles. The number of rotatable bonds is 3. The van der Waals surface area contributed by atoms with E-state index in [2.05, 4.69) is 13.0 Å². The van der Waals surface area contributed by atoms with Crippen molar-refractivity contribution in [3.63, 3.8) is 0 Å². The second kappa shape index (κ2) is 8.49. The third-order valence-corrected chi connectivity index (χ3v) is 7.58. The summed E-state index contributed by atoms with van der Waals surface area (Å²) >= 11 is 0. The molecule has 2 aromatic heterocycles. The Kier molecular flexibility index (Phi) is 5.35. The topological polar surface area (TPSA) is 93.8 Å². The molecule has 0 fully saturated rings. The third-order valence-electron chi connectivity index (χ3n) is 7.58. The molecule has 1 atom stereocenters. The van der Waals surface area contributed by atoms with Gasteiger partial charge in [0, 0.05) is 22.7 Å². The predicted molar refractivity (Wildman–Crippen MR) is 142 cm³/mol. The van der Waals surface area contributed by atoms with Crippen LogP contribution >= 0.6 is 0 Å². The number of aryl methyl sites for hydroxylation is 2. The number of aliphatic imine (C=N–C) groups is 1. The van der Waals surface area contributed by atoms with Gasteiger partial charge in [-0.3, -0.25) is 14.6 Å². The maximum absolute atomic E-state index is 13.7. The molecule has 6 rings (SSSR count). The number of ether oxygens (including phenoxy) is 1. The van der Waals surface area contributed by atoms with Gasteiger partial charge in [-0.15, -0.1) is 0 Å². The minimum atomic E-state index is -1.47.